The molecule has 1 heterocycles. The molecule has 1 amide bonds. The van der Waals surface area contributed by atoms with Crippen molar-refractivity contribution in [1.82, 2.24) is 9.99 Å². The summed E-state index contributed by atoms with van der Waals surface area (Å²) in [5.74, 6) is -0.898. The number of hydrogen-bond donors (Lipinski definition) is 3. The number of ether oxygens (including phenoxy) is 1. The maximum Gasteiger partial charge on any atom is 0.280 e. The molecule has 0 aliphatic carbocycles. The zero-order valence-corrected chi connectivity index (χ0v) is 16.8. The van der Waals surface area contributed by atoms with Crippen LogP contribution in [0.15, 0.2) is 52.4 Å². The van der Waals surface area contributed by atoms with E-state index in [0.717, 1.165) is 0 Å². The molecule has 0 saturated heterocycles. The van der Waals surface area contributed by atoms with Gasteiger partial charge >= 0.3 is 0 Å². The van der Waals surface area contributed by atoms with Crippen molar-refractivity contribution in [3.63, 3.8) is 0 Å². The Morgan fingerprint density at radius 3 is 2.70 bits per heavy atom. The second-order valence-electron chi connectivity index (χ2n) is 6.56. The third kappa shape index (κ3) is 4.12. The zero-order chi connectivity index (χ0) is 21.7. The Labute approximate surface area is 173 Å². The van der Waals surface area contributed by atoms with Crippen LogP contribution < -0.4 is 15.7 Å². The summed E-state index contributed by atoms with van der Waals surface area (Å²) < 4.78 is 6.78. The van der Waals surface area contributed by atoms with Crippen molar-refractivity contribution in [1.29, 1.82) is 0 Å². The van der Waals surface area contributed by atoms with Crippen LogP contribution in [0, 0.1) is 0 Å². The number of carbonyl (C=O) groups excluding carboxylic acids is 1. The van der Waals surface area contributed by atoms with Crippen molar-refractivity contribution in [3.05, 3.63) is 63.9 Å². The number of phenols is 1. The molecule has 3 aromatic rings. The van der Waals surface area contributed by atoms with Gasteiger partial charge < -0.3 is 19.5 Å². The van der Waals surface area contributed by atoms with Crippen molar-refractivity contribution in [3.8, 4) is 17.2 Å². The van der Waals surface area contributed by atoms with Crippen LogP contribution in [0.2, 0.25) is 0 Å². The first-order valence-electron chi connectivity index (χ1n) is 9.61. The molecule has 2 aromatic carbocycles. The van der Waals surface area contributed by atoms with Gasteiger partial charge in [-0.15, -0.1) is 0 Å². The molecule has 8 heteroatoms. The Hall–Kier alpha value is -3.81. The van der Waals surface area contributed by atoms with Gasteiger partial charge in [0, 0.05) is 11.9 Å². The third-order valence-electron chi connectivity index (χ3n) is 4.48. The Morgan fingerprint density at radius 2 is 1.97 bits per heavy atom. The number of rotatable bonds is 7. The van der Waals surface area contributed by atoms with Crippen LogP contribution in [0.25, 0.3) is 10.9 Å². The molecule has 0 radical (unpaired) electrons. The van der Waals surface area contributed by atoms with Crippen LogP contribution in [0.5, 0.6) is 17.2 Å². The summed E-state index contributed by atoms with van der Waals surface area (Å²) in [5, 5.41) is 24.6. The molecular formula is C22H23N3O5. The number of benzene rings is 2. The molecular weight excluding hydrogens is 386 g/mol. The van der Waals surface area contributed by atoms with E-state index in [1.165, 1.54) is 16.8 Å². The van der Waals surface area contributed by atoms with Gasteiger partial charge in [0.15, 0.2) is 11.5 Å². The van der Waals surface area contributed by atoms with Crippen molar-refractivity contribution in [2.75, 3.05) is 6.61 Å². The first kappa shape index (κ1) is 20.9. The molecule has 30 heavy (non-hydrogen) atoms. The lowest BCUT2D eigenvalue weighted by molar-refractivity contribution is 0.0950. The van der Waals surface area contributed by atoms with Crippen LogP contribution >= 0.6 is 0 Å². The Kier molecular flexibility index (Phi) is 6.36. The Bertz CT molecular complexity index is 1170. The molecule has 0 aliphatic rings. The molecule has 0 fully saturated rings. The molecule has 0 spiro atoms. The molecule has 0 saturated carbocycles. The summed E-state index contributed by atoms with van der Waals surface area (Å²) >= 11 is 0. The smallest absolute Gasteiger partial charge is 0.280 e. The molecule has 0 aliphatic heterocycles. The van der Waals surface area contributed by atoms with Gasteiger partial charge in [0.2, 0.25) is 0 Å². The lowest BCUT2D eigenvalue weighted by atomic mass is 10.1. The first-order valence-corrected chi connectivity index (χ1v) is 9.61. The van der Waals surface area contributed by atoms with E-state index in [0.29, 0.717) is 41.8 Å². The van der Waals surface area contributed by atoms with Crippen molar-refractivity contribution in [2.45, 2.75) is 26.8 Å². The fourth-order valence-electron chi connectivity index (χ4n) is 3.14. The van der Waals surface area contributed by atoms with E-state index in [9.17, 15) is 19.8 Å². The maximum absolute atomic E-state index is 12.9. The highest BCUT2D eigenvalue weighted by molar-refractivity contribution is 6.02. The molecule has 3 rings (SSSR count). The van der Waals surface area contributed by atoms with Crippen LogP contribution in [-0.4, -0.2) is 33.5 Å². The highest BCUT2D eigenvalue weighted by Crippen LogP contribution is 2.27. The second kappa shape index (κ2) is 9.13. The number of aromatic hydroxyl groups is 2. The maximum atomic E-state index is 12.9. The van der Waals surface area contributed by atoms with Crippen LogP contribution in [0.3, 0.4) is 0 Å². The Morgan fingerprint density at radius 1 is 1.20 bits per heavy atom. The summed E-state index contributed by atoms with van der Waals surface area (Å²) in [6.45, 7) is 4.51. The van der Waals surface area contributed by atoms with E-state index in [2.05, 4.69) is 10.5 Å². The van der Waals surface area contributed by atoms with Crippen molar-refractivity contribution < 1.29 is 19.7 Å². The number of fused-ring (bicyclic) bond motifs is 1. The third-order valence-corrected chi connectivity index (χ3v) is 4.48. The van der Waals surface area contributed by atoms with E-state index in [1.54, 1.807) is 43.3 Å². The minimum Gasteiger partial charge on any atom is -0.506 e. The molecule has 3 N–H and O–H groups in total. The molecule has 0 unspecified atom stereocenters. The summed E-state index contributed by atoms with van der Waals surface area (Å²) in [5.41, 5.74) is 2.48. The predicted octanol–water partition coefficient (Wildman–Crippen LogP) is 2.99. The SMILES string of the molecule is CCCn1c(=O)c(C(=O)NN=Cc2ccc(O)c(OCC)c2)c(O)c2ccccc21. The monoisotopic (exact) mass is 409 g/mol. The van der Waals surface area contributed by atoms with Gasteiger partial charge in [0.25, 0.3) is 11.5 Å². The quantitative estimate of drug-likeness (QED) is 0.410. The van der Waals surface area contributed by atoms with Crippen molar-refractivity contribution >= 4 is 23.0 Å². The van der Waals surface area contributed by atoms with Gasteiger partial charge in [0.05, 0.1) is 18.3 Å². The normalized spacial score (nSPS) is 11.1. The van der Waals surface area contributed by atoms with Gasteiger partial charge in [-0.05, 0) is 49.2 Å². The number of hydrogen-bond acceptors (Lipinski definition) is 6. The number of aryl methyl sites for hydroxylation is 1. The average Bonchev–Trinajstić information content (AvgIpc) is 2.74. The van der Waals surface area contributed by atoms with Crippen LogP contribution in [-0.2, 0) is 6.54 Å². The largest absolute Gasteiger partial charge is 0.506 e. The van der Waals surface area contributed by atoms with Crippen molar-refractivity contribution in [2.24, 2.45) is 5.10 Å². The Balaban J connectivity index is 1.91. The van der Waals surface area contributed by atoms with Gasteiger partial charge in [-0.25, -0.2) is 5.43 Å². The molecule has 1 aromatic heterocycles. The number of phenolic OH excluding ortho intramolecular Hbond substituents is 1. The molecule has 156 valence electrons. The zero-order valence-electron chi connectivity index (χ0n) is 16.8. The number of nitrogens with one attached hydrogen (secondary N) is 1. The van der Waals surface area contributed by atoms with Gasteiger partial charge in [-0.3, -0.25) is 9.59 Å². The molecule has 0 bridgehead atoms. The highest BCUT2D eigenvalue weighted by Gasteiger charge is 2.21. The van der Waals surface area contributed by atoms with Gasteiger partial charge in [-0.2, -0.15) is 5.10 Å². The number of hydrazone groups is 1. The standard InChI is InChI=1S/C22H23N3O5/c1-3-11-25-16-8-6-5-7-15(16)20(27)19(22(25)29)21(28)24-23-13-14-9-10-17(26)18(12-14)30-4-2/h5-10,12-13,26-27H,3-4,11H2,1-2H3,(H,24,28). The minimum absolute atomic E-state index is 0.00408. The van der Waals surface area contributed by atoms with Crippen LogP contribution in [0.1, 0.15) is 36.2 Å². The van der Waals surface area contributed by atoms with Gasteiger partial charge in [0.1, 0.15) is 11.3 Å². The number of pyridine rings is 1. The van der Waals surface area contributed by atoms with E-state index in [4.69, 9.17) is 4.74 Å². The summed E-state index contributed by atoms with van der Waals surface area (Å²) in [6.07, 6.45) is 2.04. The number of para-hydroxylation sites is 1. The second-order valence-corrected chi connectivity index (χ2v) is 6.56. The topological polar surface area (TPSA) is 113 Å². The highest BCUT2D eigenvalue weighted by atomic mass is 16.5. The minimum atomic E-state index is -0.812. The number of amides is 1. The first-order chi connectivity index (χ1) is 14.5. The number of nitrogens with zero attached hydrogens (tertiary/aromatic N) is 2. The van der Waals surface area contributed by atoms with E-state index in [1.807, 2.05) is 6.92 Å². The van der Waals surface area contributed by atoms with E-state index in [-0.39, 0.29) is 17.1 Å². The number of carbonyl (C=O) groups is 1. The number of aromatic nitrogens is 1. The van der Waals surface area contributed by atoms with Gasteiger partial charge in [-0.1, -0.05) is 19.1 Å². The fourth-order valence-corrected chi connectivity index (χ4v) is 3.14. The lowest BCUT2D eigenvalue weighted by Crippen LogP contribution is -2.31. The summed E-state index contributed by atoms with van der Waals surface area (Å²) in [4.78, 5) is 25.5. The summed E-state index contributed by atoms with van der Waals surface area (Å²) in [7, 11) is 0. The molecule has 8 nitrogen and oxygen atoms in total. The summed E-state index contributed by atoms with van der Waals surface area (Å²) in [6, 6.07) is 11.5. The predicted molar refractivity (Wildman–Crippen MR) is 114 cm³/mol. The van der Waals surface area contributed by atoms with E-state index < -0.39 is 11.5 Å². The van der Waals surface area contributed by atoms with E-state index >= 15 is 0 Å². The average molecular weight is 409 g/mol. The fraction of sp³-hybridized carbons (Fsp3) is 0.227. The molecule has 0 atom stereocenters. The van der Waals surface area contributed by atoms with Crippen LogP contribution in [0.4, 0.5) is 0 Å². The lowest BCUT2D eigenvalue weighted by Gasteiger charge is -2.13.